The van der Waals surface area contributed by atoms with Crippen LogP contribution >= 0.6 is 0 Å². The summed E-state index contributed by atoms with van der Waals surface area (Å²) in [4.78, 5) is 0. The molecule has 5 aromatic carbocycles. The van der Waals surface area contributed by atoms with Crippen molar-refractivity contribution in [2.45, 2.75) is 13.1 Å². The third kappa shape index (κ3) is 3.20. The van der Waals surface area contributed by atoms with Gasteiger partial charge >= 0.3 is 0 Å². The molecule has 1 aliphatic heterocycles. The average molecular weight is 518 g/mol. The quantitative estimate of drug-likeness (QED) is 0.200. The molecule has 3 heteroatoms. The normalized spacial score (nSPS) is 13.8. The van der Waals surface area contributed by atoms with Gasteiger partial charge in [-0.3, -0.25) is 0 Å². The molecular weight excluding hydrogens is 490 g/mol. The molecule has 186 valence electrons. The Hall–Kier alpha value is -4.60. The molecule has 2 nitrogen and oxygen atoms in total. The molecule has 0 N–H and O–H groups in total. The van der Waals surface area contributed by atoms with Crippen LogP contribution in [0, 0.1) is 0 Å². The lowest BCUT2D eigenvalue weighted by Crippen LogP contribution is -2.56. The number of para-hydroxylation sites is 2. The lowest BCUT2D eigenvalue weighted by Gasteiger charge is -2.33. The molecule has 0 amide bonds. The highest BCUT2D eigenvalue weighted by Gasteiger charge is 2.37. The minimum Gasteiger partial charge on any atom is -0.455 e. The molecule has 2 aliphatic rings. The summed E-state index contributed by atoms with van der Waals surface area (Å²) in [5.41, 5.74) is 11.1. The molecule has 1 aliphatic carbocycles. The first kappa shape index (κ1) is 22.4. The van der Waals surface area contributed by atoms with Gasteiger partial charge in [-0.25, -0.2) is 0 Å². The topological polar surface area (TPSA) is 14.2 Å². The van der Waals surface area contributed by atoms with Gasteiger partial charge in [-0.05, 0) is 55.9 Å². The largest absolute Gasteiger partial charge is 0.455 e. The van der Waals surface area contributed by atoms with Gasteiger partial charge in [0.1, 0.15) is 13.8 Å². The molecule has 0 radical (unpaired) electrons. The van der Waals surface area contributed by atoms with Crippen LogP contribution in [0.2, 0.25) is 13.1 Å². The predicted molar refractivity (Wildman–Crippen MR) is 164 cm³/mol. The molecule has 39 heavy (non-hydrogen) atoms. The van der Waals surface area contributed by atoms with Crippen LogP contribution in [0.15, 0.2) is 128 Å². The van der Waals surface area contributed by atoms with E-state index < -0.39 is 8.07 Å². The highest BCUT2D eigenvalue weighted by molar-refractivity contribution is 7.01. The number of benzene rings is 5. The second kappa shape index (κ2) is 8.20. The van der Waals surface area contributed by atoms with Gasteiger partial charge in [0.05, 0.1) is 5.69 Å². The van der Waals surface area contributed by atoms with Crippen molar-refractivity contribution >= 4 is 18.4 Å². The smallest absolute Gasteiger partial charge is 0.151 e. The first-order valence-corrected chi connectivity index (χ1v) is 16.5. The van der Waals surface area contributed by atoms with Gasteiger partial charge in [-0.2, -0.15) is 0 Å². The maximum Gasteiger partial charge on any atom is 0.151 e. The van der Waals surface area contributed by atoms with E-state index in [9.17, 15) is 0 Å². The maximum atomic E-state index is 6.68. The highest BCUT2D eigenvalue weighted by Crippen LogP contribution is 2.48. The summed E-state index contributed by atoms with van der Waals surface area (Å²) in [5, 5.41) is 2.70. The number of ether oxygens (including phenoxy) is 1. The average Bonchev–Trinajstić information content (AvgIpc) is 3.41. The molecule has 8 rings (SSSR count). The summed E-state index contributed by atoms with van der Waals surface area (Å²) in [7, 11) is -1.92. The van der Waals surface area contributed by atoms with Crippen LogP contribution in [-0.4, -0.2) is 12.6 Å². The van der Waals surface area contributed by atoms with E-state index in [-0.39, 0.29) is 0 Å². The van der Waals surface area contributed by atoms with Gasteiger partial charge in [0.2, 0.25) is 0 Å². The van der Waals surface area contributed by atoms with Gasteiger partial charge in [0, 0.05) is 23.5 Å². The van der Waals surface area contributed by atoms with Crippen LogP contribution in [0.5, 0.6) is 11.5 Å². The lowest BCUT2D eigenvalue weighted by molar-refractivity contribution is 0.484. The van der Waals surface area contributed by atoms with Crippen molar-refractivity contribution in [2.75, 3.05) is 0 Å². The summed E-state index contributed by atoms with van der Waals surface area (Å²) < 4.78 is 8.97. The zero-order valence-corrected chi connectivity index (χ0v) is 23.0. The fourth-order valence-corrected chi connectivity index (χ4v) is 9.35. The van der Waals surface area contributed by atoms with Crippen LogP contribution in [0.4, 0.5) is 0 Å². The zero-order valence-electron chi connectivity index (χ0n) is 22.0. The van der Waals surface area contributed by atoms with E-state index in [1.165, 1.54) is 54.9 Å². The van der Waals surface area contributed by atoms with E-state index >= 15 is 0 Å². The standard InChI is InChI=1S/C36H27NOSi/c1-39(2)34-20-10-9-19-33(34)38-36-32(18-11-21-35(36)39)37-22-30-28-16-7-5-14-26(28)24-12-3-4-13-25(24)27-15-6-8-17-29(27)31(30)23-37/h3-23H,1-2H3. The SMILES string of the molecule is C[Si]1(C)c2ccccc2Oc2c(-n3cc4c(c3)-c3ccccc3-c3ccccc3-c3ccccc3-4)cccc21. The number of fused-ring (bicyclic) bond motifs is 10. The van der Waals surface area contributed by atoms with Crippen molar-refractivity contribution in [3.8, 4) is 61.7 Å². The Morgan fingerprint density at radius 2 is 0.897 bits per heavy atom. The highest BCUT2D eigenvalue weighted by atomic mass is 28.3. The van der Waals surface area contributed by atoms with E-state index in [2.05, 4.69) is 145 Å². The van der Waals surface area contributed by atoms with Crippen molar-refractivity contribution in [1.29, 1.82) is 0 Å². The van der Waals surface area contributed by atoms with Crippen LogP contribution < -0.4 is 15.1 Å². The maximum absolute atomic E-state index is 6.68. The van der Waals surface area contributed by atoms with Gasteiger partial charge < -0.3 is 9.30 Å². The molecule has 6 aromatic rings. The Balaban J connectivity index is 1.41. The van der Waals surface area contributed by atoms with E-state index in [0.29, 0.717) is 0 Å². The van der Waals surface area contributed by atoms with Crippen molar-refractivity contribution in [3.63, 3.8) is 0 Å². The number of hydrogen-bond donors (Lipinski definition) is 0. The second-order valence-electron chi connectivity index (χ2n) is 11.0. The van der Waals surface area contributed by atoms with Crippen LogP contribution in [0.1, 0.15) is 0 Å². The molecule has 0 atom stereocenters. The van der Waals surface area contributed by atoms with Crippen LogP contribution in [0.3, 0.4) is 0 Å². The molecule has 0 fully saturated rings. The van der Waals surface area contributed by atoms with Gasteiger partial charge in [0.25, 0.3) is 0 Å². The monoisotopic (exact) mass is 517 g/mol. The first-order chi connectivity index (χ1) is 19.1. The second-order valence-corrected chi connectivity index (χ2v) is 15.3. The van der Waals surface area contributed by atoms with Crippen molar-refractivity contribution in [3.05, 3.63) is 128 Å². The van der Waals surface area contributed by atoms with E-state index in [4.69, 9.17) is 4.74 Å². The zero-order chi connectivity index (χ0) is 26.1. The Bertz CT molecular complexity index is 1850. The Kier molecular flexibility index (Phi) is 4.70. The molecular formula is C36H27NOSi. The molecule has 0 saturated carbocycles. The number of rotatable bonds is 1. The lowest BCUT2D eigenvalue weighted by atomic mass is 9.82. The third-order valence-corrected chi connectivity index (χ3v) is 12.0. The first-order valence-electron chi connectivity index (χ1n) is 13.5. The Morgan fingerprint density at radius 1 is 0.462 bits per heavy atom. The van der Waals surface area contributed by atoms with E-state index in [1.54, 1.807) is 0 Å². The summed E-state index contributed by atoms with van der Waals surface area (Å²) in [6, 6.07) is 41.6. The predicted octanol–water partition coefficient (Wildman–Crippen LogP) is 8.39. The summed E-state index contributed by atoms with van der Waals surface area (Å²) in [6.45, 7) is 4.85. The van der Waals surface area contributed by atoms with E-state index in [0.717, 1.165) is 17.2 Å². The fourth-order valence-electron chi connectivity index (χ4n) is 6.54. The van der Waals surface area contributed by atoms with Gasteiger partial charge in [-0.1, -0.05) is 116 Å². The Morgan fingerprint density at radius 3 is 1.44 bits per heavy atom. The third-order valence-electron chi connectivity index (χ3n) is 8.49. The summed E-state index contributed by atoms with van der Waals surface area (Å²) in [6.07, 6.45) is 4.60. The Labute approximate surface area is 229 Å². The number of hydrogen-bond acceptors (Lipinski definition) is 1. The number of nitrogens with zero attached hydrogens (tertiary/aromatic N) is 1. The number of aromatic nitrogens is 1. The van der Waals surface area contributed by atoms with Crippen molar-refractivity contribution in [2.24, 2.45) is 0 Å². The molecule has 0 unspecified atom stereocenters. The van der Waals surface area contributed by atoms with Crippen molar-refractivity contribution in [1.82, 2.24) is 4.57 Å². The molecule has 1 aromatic heterocycles. The molecule has 0 bridgehead atoms. The van der Waals surface area contributed by atoms with E-state index in [1.807, 2.05) is 0 Å². The molecule has 0 saturated heterocycles. The molecule has 0 spiro atoms. The van der Waals surface area contributed by atoms with Crippen LogP contribution in [-0.2, 0) is 0 Å². The van der Waals surface area contributed by atoms with Crippen LogP contribution in [0.25, 0.3) is 50.2 Å². The summed E-state index contributed by atoms with van der Waals surface area (Å²) in [5.74, 6) is 1.98. The molecule has 2 heterocycles. The fraction of sp³-hybridized carbons (Fsp3) is 0.0556. The van der Waals surface area contributed by atoms with Gasteiger partial charge in [-0.15, -0.1) is 0 Å². The van der Waals surface area contributed by atoms with Gasteiger partial charge in [0.15, 0.2) is 5.75 Å². The van der Waals surface area contributed by atoms with Crippen molar-refractivity contribution < 1.29 is 4.74 Å². The minimum absolute atomic E-state index is 0.987. The summed E-state index contributed by atoms with van der Waals surface area (Å²) >= 11 is 0. The minimum atomic E-state index is -1.92.